The Labute approximate surface area is 69.4 Å². The fourth-order valence-electron chi connectivity index (χ4n) is 0.622. The van der Waals surface area contributed by atoms with Crippen LogP contribution < -0.4 is 5.32 Å². The zero-order valence-electron chi connectivity index (χ0n) is 5.40. The van der Waals surface area contributed by atoms with E-state index in [1.54, 1.807) is 18.2 Å². The second-order valence-electron chi connectivity index (χ2n) is 1.85. The van der Waals surface area contributed by atoms with Crippen LogP contribution in [0.25, 0.3) is 0 Å². The van der Waals surface area contributed by atoms with Gasteiger partial charge in [0.25, 0.3) is 0 Å². The summed E-state index contributed by atoms with van der Waals surface area (Å²) in [4.78, 5) is 0. The first-order valence-corrected chi connectivity index (χ1v) is 3.49. The molecule has 1 rings (SSSR count). The van der Waals surface area contributed by atoms with E-state index in [1.165, 1.54) is 7.11 Å². The molecule has 0 saturated heterocycles. The van der Waals surface area contributed by atoms with Gasteiger partial charge in [0, 0.05) is 7.11 Å². The minimum atomic E-state index is -0.966. The highest BCUT2D eigenvalue weighted by atomic mass is 35.5. The van der Waals surface area contributed by atoms with Crippen molar-refractivity contribution in [3.05, 3.63) is 23.4 Å². The van der Waals surface area contributed by atoms with Crippen molar-refractivity contribution in [1.29, 1.82) is 0 Å². The lowest BCUT2D eigenvalue weighted by atomic mass is 10.3. The van der Waals surface area contributed by atoms with Gasteiger partial charge in [0.05, 0.1) is 0 Å². The van der Waals surface area contributed by atoms with Crippen LogP contribution in [0.5, 0.6) is 0 Å². The van der Waals surface area contributed by atoms with Crippen LogP contribution in [0.4, 0.5) is 0 Å². The maximum Gasteiger partial charge on any atom is 0.237 e. The van der Waals surface area contributed by atoms with Gasteiger partial charge in [0.2, 0.25) is 5.18 Å². The van der Waals surface area contributed by atoms with E-state index in [2.05, 4.69) is 5.32 Å². The zero-order chi connectivity index (χ0) is 7.61. The summed E-state index contributed by atoms with van der Waals surface area (Å²) in [5.74, 6) is 0. The highest BCUT2D eigenvalue weighted by molar-refractivity contribution is 6.31. The maximum absolute atomic E-state index is 5.81. The number of alkyl halides is 1. The molecule has 1 aliphatic rings. The number of ether oxygens (including phenoxy) is 1. The standard InChI is InChI=1S/C6H7Cl2NO/c1-10-6(8)4-2-3-5(7)9-6/h2-4,9H,1H3. The quantitative estimate of drug-likeness (QED) is 0.490. The molecule has 56 valence electrons. The Hall–Kier alpha value is -0.180. The molecule has 0 radical (unpaired) electrons. The lowest BCUT2D eigenvalue weighted by Gasteiger charge is -2.25. The van der Waals surface area contributed by atoms with Gasteiger partial charge in [-0.25, -0.2) is 0 Å². The normalized spacial score (nSPS) is 31.3. The molecule has 1 atom stereocenters. The first-order chi connectivity index (χ1) is 4.66. The third kappa shape index (κ3) is 1.66. The Morgan fingerprint density at radius 3 is 2.80 bits per heavy atom. The van der Waals surface area contributed by atoms with E-state index in [1.807, 2.05) is 0 Å². The summed E-state index contributed by atoms with van der Waals surface area (Å²) in [5, 5.41) is 2.23. The Bertz CT molecular complexity index is 190. The van der Waals surface area contributed by atoms with Gasteiger partial charge in [0.1, 0.15) is 5.16 Å². The van der Waals surface area contributed by atoms with Crippen molar-refractivity contribution < 1.29 is 4.74 Å². The third-order valence-electron chi connectivity index (χ3n) is 1.14. The van der Waals surface area contributed by atoms with Crippen molar-refractivity contribution in [2.24, 2.45) is 0 Å². The molecule has 0 aromatic heterocycles. The number of dihydropyridines is 1. The van der Waals surface area contributed by atoms with Crippen LogP contribution in [-0.2, 0) is 4.74 Å². The van der Waals surface area contributed by atoms with Crippen molar-refractivity contribution in [1.82, 2.24) is 5.32 Å². The number of halogens is 2. The third-order valence-corrected chi connectivity index (χ3v) is 1.74. The van der Waals surface area contributed by atoms with E-state index in [0.29, 0.717) is 5.16 Å². The average molecular weight is 180 g/mol. The summed E-state index contributed by atoms with van der Waals surface area (Å²) in [7, 11) is 1.50. The van der Waals surface area contributed by atoms with E-state index in [9.17, 15) is 0 Å². The van der Waals surface area contributed by atoms with Gasteiger partial charge in [-0.2, -0.15) is 0 Å². The van der Waals surface area contributed by atoms with Gasteiger partial charge in [0.15, 0.2) is 0 Å². The van der Waals surface area contributed by atoms with Crippen LogP contribution in [0.15, 0.2) is 23.4 Å². The highest BCUT2D eigenvalue weighted by Crippen LogP contribution is 2.20. The maximum atomic E-state index is 5.81. The summed E-state index contributed by atoms with van der Waals surface area (Å²) in [6, 6.07) is 0. The van der Waals surface area contributed by atoms with E-state index >= 15 is 0 Å². The van der Waals surface area contributed by atoms with Crippen LogP contribution >= 0.6 is 23.2 Å². The number of methoxy groups -OCH3 is 1. The SMILES string of the molecule is COC1(Cl)C=CC=C(Cl)N1. The largest absolute Gasteiger partial charge is 0.343 e. The molecule has 1 heterocycles. The Morgan fingerprint density at radius 2 is 2.40 bits per heavy atom. The molecule has 4 heteroatoms. The molecule has 10 heavy (non-hydrogen) atoms. The molecule has 0 spiro atoms. The molecular formula is C6H7Cl2NO. The number of allylic oxidation sites excluding steroid dienone is 2. The summed E-state index contributed by atoms with van der Waals surface area (Å²) < 4.78 is 4.89. The van der Waals surface area contributed by atoms with E-state index in [0.717, 1.165) is 0 Å². The molecule has 1 aliphatic heterocycles. The van der Waals surface area contributed by atoms with E-state index < -0.39 is 5.18 Å². The first-order valence-electron chi connectivity index (χ1n) is 2.73. The van der Waals surface area contributed by atoms with Crippen molar-refractivity contribution in [2.45, 2.75) is 5.18 Å². The predicted molar refractivity (Wildman–Crippen MR) is 41.8 cm³/mol. The molecule has 0 amide bonds. The molecule has 0 aromatic rings. The van der Waals surface area contributed by atoms with Gasteiger partial charge in [-0.05, 0) is 12.2 Å². The van der Waals surface area contributed by atoms with Crippen LogP contribution in [-0.4, -0.2) is 12.3 Å². The monoisotopic (exact) mass is 179 g/mol. The lowest BCUT2D eigenvalue weighted by molar-refractivity contribution is 0.0848. The van der Waals surface area contributed by atoms with Crippen LogP contribution in [0.3, 0.4) is 0 Å². The van der Waals surface area contributed by atoms with Crippen LogP contribution in [0.2, 0.25) is 0 Å². The smallest absolute Gasteiger partial charge is 0.237 e. The summed E-state index contributed by atoms with van der Waals surface area (Å²) in [6.45, 7) is 0. The van der Waals surface area contributed by atoms with Crippen LogP contribution in [0.1, 0.15) is 0 Å². The van der Waals surface area contributed by atoms with E-state index in [4.69, 9.17) is 27.9 Å². The fourth-order valence-corrected chi connectivity index (χ4v) is 1.06. The first kappa shape index (κ1) is 7.92. The Morgan fingerprint density at radius 1 is 1.70 bits per heavy atom. The number of hydrogen-bond acceptors (Lipinski definition) is 2. The molecule has 0 aromatic carbocycles. The molecule has 0 aliphatic carbocycles. The molecule has 1 N–H and O–H groups in total. The second kappa shape index (κ2) is 2.82. The minimum absolute atomic E-state index is 0.472. The number of hydrogen-bond donors (Lipinski definition) is 1. The fraction of sp³-hybridized carbons (Fsp3) is 0.333. The highest BCUT2D eigenvalue weighted by Gasteiger charge is 2.24. The van der Waals surface area contributed by atoms with Gasteiger partial charge >= 0.3 is 0 Å². The molecule has 0 saturated carbocycles. The molecular weight excluding hydrogens is 173 g/mol. The Kier molecular flexibility index (Phi) is 2.24. The van der Waals surface area contributed by atoms with Crippen molar-refractivity contribution in [2.75, 3.05) is 7.11 Å². The van der Waals surface area contributed by atoms with Crippen molar-refractivity contribution in [3.8, 4) is 0 Å². The summed E-state index contributed by atoms with van der Waals surface area (Å²) in [5.41, 5.74) is 0. The summed E-state index contributed by atoms with van der Waals surface area (Å²) in [6.07, 6.45) is 5.09. The van der Waals surface area contributed by atoms with Gasteiger partial charge in [-0.1, -0.05) is 29.3 Å². The van der Waals surface area contributed by atoms with Crippen LogP contribution in [0, 0.1) is 0 Å². The molecule has 0 bridgehead atoms. The van der Waals surface area contributed by atoms with Crippen molar-refractivity contribution >= 4 is 23.2 Å². The topological polar surface area (TPSA) is 21.3 Å². The average Bonchev–Trinajstić information content (AvgIpc) is 1.88. The summed E-state index contributed by atoms with van der Waals surface area (Å²) >= 11 is 11.4. The molecule has 2 nitrogen and oxygen atoms in total. The molecule has 0 fully saturated rings. The van der Waals surface area contributed by atoms with Gasteiger partial charge in [-0.15, -0.1) is 0 Å². The van der Waals surface area contributed by atoms with Gasteiger partial charge in [-0.3, -0.25) is 0 Å². The van der Waals surface area contributed by atoms with Gasteiger partial charge < -0.3 is 10.1 Å². The molecule has 1 unspecified atom stereocenters. The second-order valence-corrected chi connectivity index (χ2v) is 2.82. The lowest BCUT2D eigenvalue weighted by Crippen LogP contribution is -2.39. The number of rotatable bonds is 1. The zero-order valence-corrected chi connectivity index (χ0v) is 6.91. The number of nitrogens with one attached hydrogen (secondary N) is 1. The van der Waals surface area contributed by atoms with Crippen molar-refractivity contribution in [3.63, 3.8) is 0 Å². The predicted octanol–water partition coefficient (Wildman–Crippen LogP) is 1.77. The Balaban J connectivity index is 2.71. The van der Waals surface area contributed by atoms with E-state index in [-0.39, 0.29) is 0 Å². The minimum Gasteiger partial charge on any atom is -0.343 e.